The highest BCUT2D eigenvalue weighted by Crippen LogP contribution is 2.33. The number of nitrogens with one attached hydrogen (secondary N) is 4. The van der Waals surface area contributed by atoms with Crippen LogP contribution >= 0.6 is 0 Å². The molecule has 0 aromatic heterocycles. The normalized spacial score (nSPS) is 17.6. The van der Waals surface area contributed by atoms with E-state index >= 15 is 0 Å². The van der Waals surface area contributed by atoms with Gasteiger partial charge in [0.2, 0.25) is 17.7 Å². The summed E-state index contributed by atoms with van der Waals surface area (Å²) in [5.74, 6) is 0.363. The third kappa shape index (κ3) is 21.5. The Hall–Kier alpha value is -6.17. The van der Waals surface area contributed by atoms with E-state index in [4.69, 9.17) is 38.3 Å². The lowest BCUT2D eigenvalue weighted by atomic mass is 9.93. The molecule has 5 atom stereocenters. The van der Waals surface area contributed by atoms with Gasteiger partial charge in [-0.05, 0) is 94.5 Å². The van der Waals surface area contributed by atoms with Crippen molar-refractivity contribution in [2.75, 3.05) is 52.3 Å². The van der Waals surface area contributed by atoms with Gasteiger partial charge in [-0.1, -0.05) is 94.3 Å². The van der Waals surface area contributed by atoms with Crippen molar-refractivity contribution in [1.82, 2.24) is 21.3 Å². The van der Waals surface area contributed by atoms with Gasteiger partial charge < -0.3 is 49.3 Å². The zero-order chi connectivity index (χ0) is 55.6. The third-order valence-electron chi connectivity index (χ3n) is 12.5. The lowest BCUT2D eigenvalue weighted by Gasteiger charge is -2.41. The Balaban J connectivity index is 0.00000232. The molecule has 2 heterocycles. The smallest absolute Gasteiger partial charge is 0.316 e. The maximum Gasteiger partial charge on any atom is 0.316 e. The highest BCUT2D eigenvalue weighted by atomic mass is 32.2. The second-order valence-corrected chi connectivity index (χ2v) is 22.9. The summed E-state index contributed by atoms with van der Waals surface area (Å²) in [5.41, 5.74) is 0.843. The van der Waals surface area contributed by atoms with E-state index in [0.717, 1.165) is 16.7 Å². The summed E-state index contributed by atoms with van der Waals surface area (Å²) < 4.78 is 50.3. The maximum atomic E-state index is 14.6. The number of quaternary nitrogens is 1. The van der Waals surface area contributed by atoms with Crippen LogP contribution in [0.4, 0.5) is 0 Å². The van der Waals surface area contributed by atoms with Gasteiger partial charge in [0.25, 0.3) is 5.91 Å². The van der Waals surface area contributed by atoms with Crippen LogP contribution in [-0.2, 0) is 67.7 Å². The quantitative estimate of drug-likeness (QED) is 0.0230. The number of benzene rings is 3. The van der Waals surface area contributed by atoms with Crippen molar-refractivity contribution in [3.8, 4) is 23.8 Å². The van der Waals surface area contributed by atoms with Crippen LogP contribution in [0.5, 0.6) is 11.5 Å². The first-order valence-electron chi connectivity index (χ1n) is 25.4. The molecule has 19 heteroatoms. The van der Waals surface area contributed by atoms with Gasteiger partial charge in [-0.2, -0.15) is 0 Å². The van der Waals surface area contributed by atoms with E-state index in [1.807, 2.05) is 94.4 Å². The van der Waals surface area contributed by atoms with Gasteiger partial charge in [0, 0.05) is 18.2 Å². The largest absolute Gasteiger partial charge is 0.748 e. The summed E-state index contributed by atoms with van der Waals surface area (Å²) in [6.45, 7) is 17.2. The Bertz CT molecular complexity index is 2540. The number of Topliss-reactive ketones (excluding diaryl/α,β-unsaturated/α-hetero) is 1. The second-order valence-electron chi connectivity index (χ2n) is 21.5. The second kappa shape index (κ2) is 28.1. The fourth-order valence-electron chi connectivity index (χ4n) is 8.38. The van der Waals surface area contributed by atoms with Crippen LogP contribution in [0, 0.1) is 29.6 Å². The molecule has 0 bridgehead atoms. The Morgan fingerprint density at radius 2 is 1.28 bits per heavy atom. The number of nitrogens with zero attached hydrogens (tertiary/aromatic N) is 1. The predicted molar refractivity (Wildman–Crippen MR) is 282 cm³/mol. The summed E-state index contributed by atoms with van der Waals surface area (Å²) in [7, 11) is -3.92. The van der Waals surface area contributed by atoms with Gasteiger partial charge in [0.1, 0.15) is 50.0 Å². The number of hydrogen-bond acceptors (Lipinski definition) is 13. The van der Waals surface area contributed by atoms with E-state index in [2.05, 4.69) is 27.2 Å². The fraction of sp³-hybridized carbons (Fsp3) is 0.536. The molecular weight excluding hydrogens is 983 g/mol. The van der Waals surface area contributed by atoms with E-state index in [-0.39, 0.29) is 68.3 Å². The number of esters is 1. The summed E-state index contributed by atoms with van der Waals surface area (Å²) in [5, 5.41) is 11.9. The van der Waals surface area contributed by atoms with E-state index < -0.39 is 69.0 Å². The monoisotopic (exact) mass is 1060 g/mol. The molecule has 5 rings (SSSR count). The van der Waals surface area contributed by atoms with Gasteiger partial charge in [-0.25, -0.2) is 8.42 Å². The number of epoxide rings is 1. The van der Waals surface area contributed by atoms with E-state index in [0.29, 0.717) is 62.2 Å². The van der Waals surface area contributed by atoms with Crippen molar-refractivity contribution in [1.29, 1.82) is 0 Å². The van der Waals surface area contributed by atoms with Gasteiger partial charge in [-0.3, -0.25) is 28.8 Å². The van der Waals surface area contributed by atoms with Crippen molar-refractivity contribution >= 4 is 45.5 Å². The molecule has 3 aromatic carbocycles. The number of amides is 4. The molecule has 0 spiro atoms. The molecule has 410 valence electrons. The molecule has 2 aliphatic rings. The van der Waals surface area contributed by atoms with E-state index in [9.17, 15) is 28.8 Å². The van der Waals surface area contributed by atoms with Gasteiger partial charge in [0.05, 0.1) is 41.4 Å². The Morgan fingerprint density at radius 3 is 1.83 bits per heavy atom. The number of morpholine rings is 1. The van der Waals surface area contributed by atoms with Crippen molar-refractivity contribution in [2.24, 2.45) is 17.3 Å². The van der Waals surface area contributed by atoms with Crippen LogP contribution in [0.15, 0.2) is 78.9 Å². The first-order chi connectivity index (χ1) is 35.2. The van der Waals surface area contributed by atoms with Gasteiger partial charge >= 0.3 is 5.97 Å². The molecule has 4 amide bonds. The molecule has 0 saturated carbocycles. The molecule has 2 aliphatic heterocycles. The summed E-state index contributed by atoms with van der Waals surface area (Å²) in [4.78, 5) is 83.9. The molecule has 3 aromatic rings. The highest BCUT2D eigenvalue weighted by molar-refractivity contribution is 7.84. The zero-order valence-electron chi connectivity index (χ0n) is 44.9. The number of hydrogen-bond donors (Lipinski definition) is 4. The predicted octanol–water partition coefficient (Wildman–Crippen LogP) is 4.42. The SMILES string of the molecule is C#CCOc1cc(C[N+]2(CC(=O)N[C@@H](CCc3ccccc3)C(=O)N[C@@H](CC(C)C)C(=O)N[C@@H](Cc3ccccc3)C(=O)N[C@@H](CC(C)C)C(=O)[C@@]3(C)CO3)CCOCC2)ccc1OC(=O)C(C)(C)C.CS(=O)(=O)[O-]. The van der Waals surface area contributed by atoms with E-state index in [1.165, 1.54) is 0 Å². The molecule has 2 fully saturated rings. The van der Waals surface area contributed by atoms with Crippen molar-refractivity contribution < 1.29 is 65.2 Å². The minimum absolute atomic E-state index is 0.0115. The number of aryl methyl sites for hydroxylation is 1. The number of carbonyl (C=O) groups is 6. The molecule has 0 radical (unpaired) electrons. The average Bonchev–Trinajstić information content (AvgIpc) is 4.09. The van der Waals surface area contributed by atoms with Crippen LogP contribution < -0.4 is 30.7 Å². The number of carbonyl (C=O) groups excluding carboxylic acids is 6. The molecule has 75 heavy (non-hydrogen) atoms. The molecule has 2 saturated heterocycles. The summed E-state index contributed by atoms with van der Waals surface area (Å²) in [6.07, 6.45) is 7.57. The first kappa shape index (κ1) is 61.4. The molecule has 4 N–H and O–H groups in total. The summed E-state index contributed by atoms with van der Waals surface area (Å²) in [6, 6.07) is 20.1. The summed E-state index contributed by atoms with van der Waals surface area (Å²) >= 11 is 0. The Morgan fingerprint density at radius 1 is 0.760 bits per heavy atom. The highest BCUT2D eigenvalue weighted by Gasteiger charge is 2.50. The molecule has 18 nitrogen and oxygen atoms in total. The Labute approximate surface area is 443 Å². The third-order valence-corrected chi connectivity index (χ3v) is 12.5. The van der Waals surface area contributed by atoms with Crippen LogP contribution in [0.1, 0.15) is 91.3 Å². The molecule has 0 unspecified atom stereocenters. The van der Waals surface area contributed by atoms with Gasteiger partial charge in [-0.15, -0.1) is 6.42 Å². The first-order valence-corrected chi connectivity index (χ1v) is 27.2. The lowest BCUT2D eigenvalue weighted by Crippen LogP contribution is -2.61. The standard InChI is InChI=1S/C55H73N5O10.CH4O3S/c1-10-27-68-47-33-41(22-24-46(47)70-53(66)54(6,7)8)34-60(25-28-67-29-26-60)35-48(61)56-42(23-21-39-17-13-11-14-18-39)50(63)58-44(31-38(4)5)51(64)59-45(32-40-19-15-12-16-20-40)52(65)57-43(30-37(2)3)49(62)55(9)36-69-55;1-5(2,3)4/h1,11-20,22,24,33,37-38,42-45H,21,23,25-32,34-36H2,2-9H3,(H3-,56,57,58,59,61,63,64,65);1H3,(H,2,3,4)/t42-,43-,44-,45-,55+;/m0./s1. The van der Waals surface area contributed by atoms with Gasteiger partial charge in [0.15, 0.2) is 23.8 Å². The topological polar surface area (TPSA) is 248 Å². The number of rotatable bonds is 25. The minimum Gasteiger partial charge on any atom is -0.748 e. The van der Waals surface area contributed by atoms with Crippen molar-refractivity contribution in [2.45, 2.75) is 124 Å². The van der Waals surface area contributed by atoms with E-state index in [1.54, 1.807) is 39.8 Å². The van der Waals surface area contributed by atoms with Crippen LogP contribution in [-0.4, -0.2) is 135 Å². The van der Waals surface area contributed by atoms with Crippen molar-refractivity contribution in [3.05, 3.63) is 95.6 Å². The number of ether oxygens (including phenoxy) is 4. The minimum atomic E-state index is -3.92. The number of terminal acetylenes is 1. The zero-order valence-corrected chi connectivity index (χ0v) is 45.7. The molecular formula is C56H77N5O13S. The maximum absolute atomic E-state index is 14.6. The fourth-order valence-corrected chi connectivity index (χ4v) is 8.38. The average molecular weight is 1060 g/mol. The van der Waals surface area contributed by atoms with Crippen molar-refractivity contribution in [3.63, 3.8) is 0 Å². The van der Waals surface area contributed by atoms with Crippen LogP contribution in [0.3, 0.4) is 0 Å². The van der Waals surface area contributed by atoms with Crippen LogP contribution in [0.2, 0.25) is 0 Å². The van der Waals surface area contributed by atoms with Crippen LogP contribution in [0.25, 0.3) is 0 Å². The Kier molecular flexibility index (Phi) is 23.0. The number of ketones is 1. The molecule has 0 aliphatic carbocycles. The lowest BCUT2D eigenvalue weighted by molar-refractivity contribution is -0.940.